The number of nitrogens with one attached hydrogen (secondary N) is 2. The summed E-state index contributed by atoms with van der Waals surface area (Å²) in [6.07, 6.45) is 4.95. The van der Waals surface area contributed by atoms with Crippen LogP contribution in [0.4, 0.5) is 0 Å². The Labute approximate surface area is 159 Å². The molecule has 3 aromatic rings. The summed E-state index contributed by atoms with van der Waals surface area (Å²) >= 11 is 0. The number of aromatic amines is 1. The van der Waals surface area contributed by atoms with Crippen molar-refractivity contribution >= 4 is 16.8 Å². The van der Waals surface area contributed by atoms with Crippen LogP contribution in [-0.4, -0.2) is 46.6 Å². The van der Waals surface area contributed by atoms with Crippen LogP contribution < -0.4 is 5.32 Å². The van der Waals surface area contributed by atoms with E-state index in [0.29, 0.717) is 5.75 Å². The molecule has 1 saturated heterocycles. The second-order valence-electron chi connectivity index (χ2n) is 7.25. The van der Waals surface area contributed by atoms with Crippen molar-refractivity contribution in [1.82, 2.24) is 15.2 Å². The molecule has 2 heterocycles. The van der Waals surface area contributed by atoms with E-state index < -0.39 is 0 Å². The Kier molecular flexibility index (Phi) is 5.12. The van der Waals surface area contributed by atoms with Crippen LogP contribution >= 0.6 is 0 Å². The van der Waals surface area contributed by atoms with E-state index >= 15 is 0 Å². The number of carbonyl (C=O) groups excluding carboxylic acids is 1. The highest BCUT2D eigenvalue weighted by molar-refractivity contribution is 5.94. The SMILES string of the molecule is O=C(NC1CCN(CCc2c[nH]c3ccc(O)cc23)CC1)c1ccccc1. The fourth-order valence-electron chi connectivity index (χ4n) is 3.81. The highest BCUT2D eigenvalue weighted by Crippen LogP contribution is 2.23. The fourth-order valence-corrected chi connectivity index (χ4v) is 3.81. The summed E-state index contributed by atoms with van der Waals surface area (Å²) < 4.78 is 0. The topological polar surface area (TPSA) is 68.4 Å². The number of likely N-dealkylation sites (tertiary alicyclic amines) is 1. The number of aromatic nitrogens is 1. The van der Waals surface area contributed by atoms with Crippen LogP contribution in [0.2, 0.25) is 0 Å². The number of benzene rings is 2. The van der Waals surface area contributed by atoms with Crippen LogP contribution in [0, 0.1) is 0 Å². The first-order valence-corrected chi connectivity index (χ1v) is 9.56. The number of hydrogen-bond donors (Lipinski definition) is 3. The third-order valence-electron chi connectivity index (χ3n) is 5.41. The Morgan fingerprint density at radius 1 is 1.15 bits per heavy atom. The first-order chi connectivity index (χ1) is 13.2. The van der Waals surface area contributed by atoms with E-state index in [1.807, 2.05) is 48.7 Å². The molecule has 27 heavy (non-hydrogen) atoms. The molecular formula is C22H25N3O2. The summed E-state index contributed by atoms with van der Waals surface area (Å²) in [6.45, 7) is 2.97. The maximum absolute atomic E-state index is 12.3. The molecule has 1 aromatic heterocycles. The third kappa shape index (κ3) is 4.14. The molecule has 1 aliphatic rings. The van der Waals surface area contributed by atoms with Gasteiger partial charge in [-0.1, -0.05) is 18.2 Å². The molecule has 0 bridgehead atoms. The molecule has 0 unspecified atom stereocenters. The number of aromatic hydroxyl groups is 1. The minimum absolute atomic E-state index is 0.0210. The average Bonchev–Trinajstić information content (AvgIpc) is 3.10. The second-order valence-corrected chi connectivity index (χ2v) is 7.25. The molecule has 1 fully saturated rings. The number of carbonyl (C=O) groups is 1. The number of hydrogen-bond acceptors (Lipinski definition) is 3. The quantitative estimate of drug-likeness (QED) is 0.651. The second kappa shape index (κ2) is 7.84. The van der Waals surface area contributed by atoms with Gasteiger partial charge >= 0.3 is 0 Å². The third-order valence-corrected chi connectivity index (χ3v) is 5.41. The number of phenolic OH excluding ortho intramolecular Hbond substituents is 1. The van der Waals surface area contributed by atoms with Gasteiger partial charge in [-0.05, 0) is 55.2 Å². The van der Waals surface area contributed by atoms with Crippen LogP contribution in [-0.2, 0) is 6.42 Å². The normalized spacial score (nSPS) is 15.9. The van der Waals surface area contributed by atoms with Crippen LogP contribution in [0.3, 0.4) is 0 Å². The number of phenols is 1. The molecule has 0 spiro atoms. The van der Waals surface area contributed by atoms with Gasteiger partial charge in [-0.3, -0.25) is 4.79 Å². The van der Waals surface area contributed by atoms with Crippen LogP contribution in [0.1, 0.15) is 28.8 Å². The number of H-pyrrole nitrogens is 1. The van der Waals surface area contributed by atoms with Gasteiger partial charge in [-0.2, -0.15) is 0 Å². The van der Waals surface area contributed by atoms with E-state index in [1.54, 1.807) is 6.07 Å². The van der Waals surface area contributed by atoms with E-state index in [4.69, 9.17) is 0 Å². The summed E-state index contributed by atoms with van der Waals surface area (Å²) in [6, 6.07) is 15.1. The van der Waals surface area contributed by atoms with Crippen molar-refractivity contribution in [3.8, 4) is 5.75 Å². The van der Waals surface area contributed by atoms with Crippen molar-refractivity contribution in [1.29, 1.82) is 0 Å². The van der Waals surface area contributed by atoms with E-state index in [9.17, 15) is 9.90 Å². The van der Waals surface area contributed by atoms with Crippen LogP contribution in [0.25, 0.3) is 10.9 Å². The number of piperidine rings is 1. The van der Waals surface area contributed by atoms with E-state index in [0.717, 1.165) is 55.4 Å². The summed E-state index contributed by atoms with van der Waals surface area (Å²) in [5.41, 5.74) is 3.02. The van der Waals surface area contributed by atoms with Gasteiger partial charge in [-0.15, -0.1) is 0 Å². The van der Waals surface area contributed by atoms with Gasteiger partial charge in [0, 0.05) is 48.3 Å². The zero-order valence-corrected chi connectivity index (χ0v) is 15.3. The largest absolute Gasteiger partial charge is 0.508 e. The van der Waals surface area contributed by atoms with E-state index in [1.165, 1.54) is 5.56 Å². The van der Waals surface area contributed by atoms with Gasteiger partial charge in [0.05, 0.1) is 0 Å². The molecular weight excluding hydrogens is 338 g/mol. The Morgan fingerprint density at radius 2 is 1.93 bits per heavy atom. The van der Waals surface area contributed by atoms with Gasteiger partial charge < -0.3 is 20.3 Å². The van der Waals surface area contributed by atoms with Crippen molar-refractivity contribution in [3.63, 3.8) is 0 Å². The van der Waals surface area contributed by atoms with Crippen LogP contribution in [0.15, 0.2) is 54.7 Å². The average molecular weight is 363 g/mol. The molecule has 1 aliphatic heterocycles. The van der Waals surface area contributed by atoms with Crippen molar-refractivity contribution in [2.24, 2.45) is 0 Å². The van der Waals surface area contributed by atoms with Crippen molar-refractivity contribution < 1.29 is 9.90 Å². The molecule has 0 aliphatic carbocycles. The predicted molar refractivity (Wildman–Crippen MR) is 107 cm³/mol. The lowest BCUT2D eigenvalue weighted by Crippen LogP contribution is -2.45. The van der Waals surface area contributed by atoms with Crippen molar-refractivity contribution in [2.75, 3.05) is 19.6 Å². The summed E-state index contributed by atoms with van der Waals surface area (Å²) in [4.78, 5) is 18.0. The smallest absolute Gasteiger partial charge is 0.251 e. The maximum atomic E-state index is 12.3. The lowest BCUT2D eigenvalue weighted by atomic mass is 10.0. The Hall–Kier alpha value is -2.79. The summed E-state index contributed by atoms with van der Waals surface area (Å²) in [7, 11) is 0. The molecule has 5 nitrogen and oxygen atoms in total. The lowest BCUT2D eigenvalue weighted by Gasteiger charge is -2.32. The zero-order valence-electron chi connectivity index (χ0n) is 15.3. The molecule has 4 rings (SSSR count). The van der Waals surface area contributed by atoms with Crippen molar-refractivity contribution in [3.05, 3.63) is 65.9 Å². The standard InChI is InChI=1S/C22H25N3O2/c26-19-6-7-21-20(14-19)17(15-23-21)8-11-25-12-9-18(10-13-25)24-22(27)16-4-2-1-3-5-16/h1-7,14-15,18,23,26H,8-13H2,(H,24,27). The molecule has 2 aromatic carbocycles. The molecule has 3 N–H and O–H groups in total. The number of fused-ring (bicyclic) bond motifs is 1. The monoisotopic (exact) mass is 363 g/mol. The Balaban J connectivity index is 1.27. The summed E-state index contributed by atoms with van der Waals surface area (Å²) in [5.74, 6) is 0.325. The number of nitrogens with zero attached hydrogens (tertiary/aromatic N) is 1. The number of rotatable bonds is 5. The molecule has 140 valence electrons. The van der Waals surface area contributed by atoms with Gasteiger partial charge in [0.15, 0.2) is 0 Å². The van der Waals surface area contributed by atoms with Gasteiger partial charge in [0.25, 0.3) is 5.91 Å². The molecule has 1 amide bonds. The summed E-state index contributed by atoms with van der Waals surface area (Å²) in [5, 5.41) is 14.0. The number of amides is 1. The fraction of sp³-hybridized carbons (Fsp3) is 0.318. The van der Waals surface area contributed by atoms with Crippen LogP contribution in [0.5, 0.6) is 5.75 Å². The predicted octanol–water partition coefficient (Wildman–Crippen LogP) is 3.31. The molecule has 0 atom stereocenters. The molecule has 0 radical (unpaired) electrons. The van der Waals surface area contributed by atoms with Gasteiger partial charge in [0.2, 0.25) is 0 Å². The van der Waals surface area contributed by atoms with E-state index in [2.05, 4.69) is 15.2 Å². The van der Waals surface area contributed by atoms with Gasteiger partial charge in [0.1, 0.15) is 5.75 Å². The highest BCUT2D eigenvalue weighted by atomic mass is 16.3. The zero-order chi connectivity index (χ0) is 18.6. The van der Waals surface area contributed by atoms with Gasteiger partial charge in [-0.25, -0.2) is 0 Å². The molecule has 5 heteroatoms. The molecule has 0 saturated carbocycles. The Morgan fingerprint density at radius 3 is 2.70 bits per heavy atom. The minimum Gasteiger partial charge on any atom is -0.508 e. The minimum atomic E-state index is 0.0210. The Bertz CT molecular complexity index is 912. The highest BCUT2D eigenvalue weighted by Gasteiger charge is 2.21. The lowest BCUT2D eigenvalue weighted by molar-refractivity contribution is 0.0911. The maximum Gasteiger partial charge on any atom is 0.251 e. The van der Waals surface area contributed by atoms with Crippen molar-refractivity contribution in [2.45, 2.75) is 25.3 Å². The first kappa shape index (κ1) is 17.6. The van der Waals surface area contributed by atoms with E-state index in [-0.39, 0.29) is 11.9 Å². The first-order valence-electron chi connectivity index (χ1n) is 9.56.